The van der Waals surface area contributed by atoms with Crippen LogP contribution < -0.4 is 5.32 Å². The van der Waals surface area contributed by atoms with Gasteiger partial charge in [0.15, 0.2) is 0 Å². The SMILES string of the molecule is CC1CSCCN1C(=O)Nc1ccc(C(=O)O)c(F)c1. The molecule has 108 valence electrons. The Morgan fingerprint density at radius 2 is 2.25 bits per heavy atom. The molecule has 1 heterocycles. The molecule has 1 unspecified atom stereocenters. The zero-order valence-electron chi connectivity index (χ0n) is 10.9. The molecule has 1 aliphatic rings. The number of thioether (sulfide) groups is 1. The Bertz CT molecular complexity index is 538. The van der Waals surface area contributed by atoms with Crippen LogP contribution in [0.2, 0.25) is 0 Å². The summed E-state index contributed by atoms with van der Waals surface area (Å²) in [5.74, 6) is -0.441. The number of aromatic carboxylic acids is 1. The van der Waals surface area contributed by atoms with Crippen molar-refractivity contribution >= 4 is 29.4 Å². The topological polar surface area (TPSA) is 69.6 Å². The van der Waals surface area contributed by atoms with Crippen molar-refractivity contribution in [3.05, 3.63) is 29.6 Å². The van der Waals surface area contributed by atoms with Crippen LogP contribution in [0.15, 0.2) is 18.2 Å². The highest BCUT2D eigenvalue weighted by Gasteiger charge is 2.23. The maximum Gasteiger partial charge on any atom is 0.338 e. The lowest BCUT2D eigenvalue weighted by Crippen LogP contribution is -2.46. The predicted octanol–water partition coefficient (Wildman–Crippen LogP) is 2.49. The fraction of sp³-hybridized carbons (Fsp3) is 0.385. The third kappa shape index (κ3) is 3.22. The van der Waals surface area contributed by atoms with Crippen LogP contribution in [-0.2, 0) is 0 Å². The van der Waals surface area contributed by atoms with Crippen molar-refractivity contribution in [2.45, 2.75) is 13.0 Å². The Morgan fingerprint density at radius 3 is 2.85 bits per heavy atom. The van der Waals surface area contributed by atoms with Crippen LogP contribution in [0.4, 0.5) is 14.9 Å². The van der Waals surface area contributed by atoms with Gasteiger partial charge in [-0.2, -0.15) is 11.8 Å². The summed E-state index contributed by atoms with van der Waals surface area (Å²) in [6.45, 7) is 2.60. The number of nitrogens with zero attached hydrogens (tertiary/aromatic N) is 1. The Kier molecular flexibility index (Phi) is 4.49. The molecular formula is C13H15FN2O3S. The Balaban J connectivity index is 2.08. The summed E-state index contributed by atoms with van der Waals surface area (Å²) in [5.41, 5.74) is -0.159. The van der Waals surface area contributed by atoms with Gasteiger partial charge in [-0.1, -0.05) is 0 Å². The Labute approximate surface area is 120 Å². The number of carboxylic acids is 1. The van der Waals surface area contributed by atoms with Crippen molar-refractivity contribution in [1.82, 2.24) is 4.90 Å². The number of carbonyl (C=O) groups is 2. The van der Waals surface area contributed by atoms with Crippen LogP contribution >= 0.6 is 11.8 Å². The molecule has 2 rings (SSSR count). The van der Waals surface area contributed by atoms with Gasteiger partial charge >= 0.3 is 12.0 Å². The van der Waals surface area contributed by atoms with E-state index in [-0.39, 0.29) is 17.8 Å². The van der Waals surface area contributed by atoms with Gasteiger partial charge < -0.3 is 15.3 Å². The van der Waals surface area contributed by atoms with Gasteiger partial charge in [0.05, 0.1) is 5.56 Å². The molecule has 1 aliphatic heterocycles. The number of rotatable bonds is 2. The van der Waals surface area contributed by atoms with E-state index in [2.05, 4.69) is 5.32 Å². The molecule has 1 saturated heterocycles. The molecule has 20 heavy (non-hydrogen) atoms. The second-order valence-electron chi connectivity index (χ2n) is 4.55. The minimum atomic E-state index is -1.33. The molecule has 0 aromatic heterocycles. The van der Waals surface area contributed by atoms with Gasteiger partial charge in [-0.25, -0.2) is 14.0 Å². The highest BCUT2D eigenvalue weighted by Crippen LogP contribution is 2.19. The van der Waals surface area contributed by atoms with E-state index in [1.807, 2.05) is 6.92 Å². The average molecular weight is 298 g/mol. The van der Waals surface area contributed by atoms with Crippen LogP contribution in [0.1, 0.15) is 17.3 Å². The summed E-state index contributed by atoms with van der Waals surface area (Å²) in [7, 11) is 0. The van der Waals surface area contributed by atoms with E-state index in [0.29, 0.717) is 6.54 Å². The fourth-order valence-corrected chi connectivity index (χ4v) is 3.00. The molecule has 0 saturated carbocycles. The quantitative estimate of drug-likeness (QED) is 0.880. The van der Waals surface area contributed by atoms with E-state index in [4.69, 9.17) is 5.11 Å². The van der Waals surface area contributed by atoms with Gasteiger partial charge in [0.2, 0.25) is 0 Å². The average Bonchev–Trinajstić information content (AvgIpc) is 2.38. The highest BCUT2D eigenvalue weighted by molar-refractivity contribution is 7.99. The first-order valence-corrected chi connectivity index (χ1v) is 7.32. The largest absolute Gasteiger partial charge is 0.478 e. The summed E-state index contributed by atoms with van der Waals surface area (Å²) in [6, 6.07) is 3.37. The van der Waals surface area contributed by atoms with E-state index in [1.165, 1.54) is 6.07 Å². The molecule has 5 nitrogen and oxygen atoms in total. The van der Waals surface area contributed by atoms with Crippen molar-refractivity contribution < 1.29 is 19.1 Å². The van der Waals surface area contributed by atoms with Crippen molar-refractivity contribution in [2.75, 3.05) is 23.4 Å². The van der Waals surface area contributed by atoms with Crippen molar-refractivity contribution in [2.24, 2.45) is 0 Å². The molecule has 0 spiro atoms. The Morgan fingerprint density at radius 1 is 1.50 bits per heavy atom. The molecule has 2 amide bonds. The number of benzene rings is 1. The lowest BCUT2D eigenvalue weighted by Gasteiger charge is -2.33. The zero-order chi connectivity index (χ0) is 14.7. The van der Waals surface area contributed by atoms with Crippen molar-refractivity contribution in [3.63, 3.8) is 0 Å². The maximum absolute atomic E-state index is 13.5. The minimum absolute atomic E-state index is 0.122. The summed E-state index contributed by atoms with van der Waals surface area (Å²) >= 11 is 1.79. The molecule has 1 aromatic rings. The molecule has 0 radical (unpaired) electrons. The number of hydrogen-bond donors (Lipinski definition) is 2. The Hall–Kier alpha value is -1.76. The molecule has 7 heteroatoms. The first-order chi connectivity index (χ1) is 9.49. The lowest BCUT2D eigenvalue weighted by atomic mass is 10.2. The molecule has 1 fully saturated rings. The van der Waals surface area contributed by atoms with E-state index < -0.39 is 17.3 Å². The second-order valence-corrected chi connectivity index (χ2v) is 5.70. The van der Waals surface area contributed by atoms with Crippen LogP contribution in [0.5, 0.6) is 0 Å². The normalized spacial score (nSPS) is 18.7. The predicted molar refractivity (Wildman–Crippen MR) is 75.9 cm³/mol. The number of hydrogen-bond acceptors (Lipinski definition) is 3. The van der Waals surface area contributed by atoms with Crippen LogP contribution in [0, 0.1) is 5.82 Å². The summed E-state index contributed by atoms with van der Waals surface area (Å²) in [5, 5.41) is 11.3. The smallest absolute Gasteiger partial charge is 0.338 e. The summed E-state index contributed by atoms with van der Waals surface area (Å²) in [4.78, 5) is 24.5. The number of anilines is 1. The number of amides is 2. The highest BCUT2D eigenvalue weighted by atomic mass is 32.2. The van der Waals surface area contributed by atoms with Crippen molar-refractivity contribution in [1.29, 1.82) is 0 Å². The van der Waals surface area contributed by atoms with Crippen LogP contribution in [-0.4, -0.2) is 46.1 Å². The zero-order valence-corrected chi connectivity index (χ0v) is 11.7. The van der Waals surface area contributed by atoms with Crippen molar-refractivity contribution in [3.8, 4) is 0 Å². The number of nitrogens with one attached hydrogen (secondary N) is 1. The molecule has 0 bridgehead atoms. The second kappa shape index (κ2) is 6.13. The third-order valence-electron chi connectivity index (χ3n) is 3.08. The van der Waals surface area contributed by atoms with Gasteiger partial charge in [0, 0.05) is 29.8 Å². The van der Waals surface area contributed by atoms with Gasteiger partial charge in [-0.15, -0.1) is 0 Å². The van der Waals surface area contributed by atoms with Gasteiger partial charge in [0.1, 0.15) is 5.82 Å². The number of carboxylic acid groups (broad SMARTS) is 1. The number of halogens is 1. The maximum atomic E-state index is 13.5. The number of urea groups is 1. The molecule has 2 N–H and O–H groups in total. The summed E-state index contributed by atoms with van der Waals surface area (Å²) in [6.07, 6.45) is 0. The van der Waals surface area contributed by atoms with E-state index in [0.717, 1.165) is 23.6 Å². The number of carbonyl (C=O) groups excluding carboxylic acids is 1. The van der Waals surface area contributed by atoms with Gasteiger partial charge in [-0.05, 0) is 25.1 Å². The lowest BCUT2D eigenvalue weighted by molar-refractivity contribution is 0.0692. The van der Waals surface area contributed by atoms with Gasteiger partial charge in [-0.3, -0.25) is 0 Å². The van der Waals surface area contributed by atoms with E-state index >= 15 is 0 Å². The molecule has 1 aromatic carbocycles. The summed E-state index contributed by atoms with van der Waals surface area (Å²) < 4.78 is 13.5. The monoisotopic (exact) mass is 298 g/mol. The molecule has 0 aliphatic carbocycles. The first kappa shape index (κ1) is 14.6. The first-order valence-electron chi connectivity index (χ1n) is 6.17. The third-order valence-corrected chi connectivity index (χ3v) is 4.27. The van der Waals surface area contributed by atoms with Crippen LogP contribution in [0.3, 0.4) is 0 Å². The van der Waals surface area contributed by atoms with Gasteiger partial charge in [0.25, 0.3) is 0 Å². The van der Waals surface area contributed by atoms with Crippen LogP contribution in [0.25, 0.3) is 0 Å². The standard InChI is InChI=1S/C13H15FN2O3S/c1-8-7-20-5-4-16(8)13(19)15-9-2-3-10(12(17)18)11(14)6-9/h2-3,6,8H,4-5,7H2,1H3,(H,15,19)(H,17,18). The molecular weight excluding hydrogens is 283 g/mol. The minimum Gasteiger partial charge on any atom is -0.478 e. The van der Waals surface area contributed by atoms with E-state index in [9.17, 15) is 14.0 Å². The van der Waals surface area contributed by atoms with E-state index in [1.54, 1.807) is 16.7 Å². The molecule has 1 atom stereocenters. The fourth-order valence-electron chi connectivity index (χ4n) is 1.99.